The second-order valence-electron chi connectivity index (χ2n) is 9.46. The lowest BCUT2D eigenvalue weighted by molar-refractivity contribution is -0.118. The number of methoxy groups -OCH3 is 1. The molecule has 1 aliphatic carbocycles. The summed E-state index contributed by atoms with van der Waals surface area (Å²) < 4.78 is 11.3. The summed E-state index contributed by atoms with van der Waals surface area (Å²) in [6.07, 6.45) is 1.43. The lowest BCUT2D eigenvalue weighted by atomic mass is 9.68. The Morgan fingerprint density at radius 2 is 1.84 bits per heavy atom. The Morgan fingerprint density at radius 3 is 2.62 bits per heavy atom. The van der Waals surface area contributed by atoms with Gasteiger partial charge < -0.3 is 14.8 Å². The molecule has 0 saturated carbocycles. The zero-order valence-corrected chi connectivity index (χ0v) is 19.1. The van der Waals surface area contributed by atoms with Crippen molar-refractivity contribution >= 4 is 27.8 Å². The summed E-state index contributed by atoms with van der Waals surface area (Å²) in [6.45, 7) is 6.91. The largest absolute Gasteiger partial charge is 0.493 e. The summed E-state index contributed by atoms with van der Waals surface area (Å²) in [5.74, 6) is 1.62. The highest BCUT2D eigenvalue weighted by Gasteiger charge is 2.40. The maximum atomic E-state index is 13.5. The fourth-order valence-corrected chi connectivity index (χ4v) is 5.23. The average molecular weight is 428 g/mol. The SMILES string of the molecule is CCOc1ccc(C2Nc3ccc4ccccc4c3C3=C2C(=O)CC(C)(C)C3)cc1OC. The second kappa shape index (κ2) is 7.70. The molecule has 1 unspecified atom stereocenters. The molecule has 3 aromatic rings. The minimum absolute atomic E-state index is 0.0669. The highest BCUT2D eigenvalue weighted by atomic mass is 16.5. The number of allylic oxidation sites excluding steroid dienone is 1. The van der Waals surface area contributed by atoms with Crippen molar-refractivity contribution in [3.8, 4) is 11.5 Å². The van der Waals surface area contributed by atoms with Crippen LogP contribution in [0.5, 0.6) is 11.5 Å². The maximum absolute atomic E-state index is 13.5. The third-order valence-electron chi connectivity index (χ3n) is 6.56. The molecule has 164 valence electrons. The summed E-state index contributed by atoms with van der Waals surface area (Å²) in [6, 6.07) is 18.5. The van der Waals surface area contributed by atoms with Crippen LogP contribution in [0.3, 0.4) is 0 Å². The standard InChI is InChI=1S/C28H29NO3/c1-5-32-23-13-11-18(14-24(23)31-4)27-26-20(15-28(2,3)16-22(26)30)25-19-9-7-6-8-17(19)10-12-21(25)29-27/h6-14,27,29H,5,15-16H2,1-4H3. The Balaban J connectivity index is 1.73. The number of Topliss-reactive ketones (excluding diaryl/α,β-unsaturated/α-hetero) is 1. The lowest BCUT2D eigenvalue weighted by Crippen LogP contribution is -2.33. The number of fused-ring (bicyclic) bond motifs is 4. The van der Waals surface area contributed by atoms with Crippen LogP contribution in [0.4, 0.5) is 5.69 Å². The van der Waals surface area contributed by atoms with Crippen molar-refractivity contribution in [1.29, 1.82) is 0 Å². The van der Waals surface area contributed by atoms with Crippen LogP contribution >= 0.6 is 0 Å². The first-order valence-corrected chi connectivity index (χ1v) is 11.3. The van der Waals surface area contributed by atoms with Gasteiger partial charge in [-0.2, -0.15) is 0 Å². The zero-order chi connectivity index (χ0) is 22.5. The molecule has 32 heavy (non-hydrogen) atoms. The first-order chi connectivity index (χ1) is 15.4. The molecule has 1 atom stereocenters. The van der Waals surface area contributed by atoms with Gasteiger partial charge >= 0.3 is 0 Å². The molecule has 0 saturated heterocycles. The van der Waals surface area contributed by atoms with E-state index in [0.29, 0.717) is 24.5 Å². The first-order valence-electron chi connectivity index (χ1n) is 11.3. The number of rotatable bonds is 4. The molecule has 1 aliphatic heterocycles. The summed E-state index contributed by atoms with van der Waals surface area (Å²) in [5, 5.41) is 6.07. The molecule has 0 radical (unpaired) electrons. The predicted molar refractivity (Wildman–Crippen MR) is 129 cm³/mol. The normalized spacial score (nSPS) is 19.2. The van der Waals surface area contributed by atoms with Crippen molar-refractivity contribution in [2.75, 3.05) is 19.0 Å². The number of anilines is 1. The molecule has 1 N–H and O–H groups in total. The van der Waals surface area contributed by atoms with E-state index in [4.69, 9.17) is 9.47 Å². The van der Waals surface area contributed by atoms with E-state index in [9.17, 15) is 4.79 Å². The average Bonchev–Trinajstić information content (AvgIpc) is 2.77. The third-order valence-corrected chi connectivity index (χ3v) is 6.56. The first kappa shape index (κ1) is 20.6. The van der Waals surface area contributed by atoms with Crippen molar-refractivity contribution in [2.24, 2.45) is 5.41 Å². The van der Waals surface area contributed by atoms with E-state index in [1.165, 1.54) is 21.9 Å². The molecule has 4 nitrogen and oxygen atoms in total. The van der Waals surface area contributed by atoms with Crippen LogP contribution in [0.1, 0.15) is 50.8 Å². The number of carbonyl (C=O) groups is 1. The van der Waals surface area contributed by atoms with E-state index in [1.807, 2.05) is 25.1 Å². The van der Waals surface area contributed by atoms with E-state index in [0.717, 1.165) is 23.2 Å². The van der Waals surface area contributed by atoms with Gasteiger partial charge in [0.25, 0.3) is 0 Å². The molecule has 0 fully saturated rings. The summed E-state index contributed by atoms with van der Waals surface area (Å²) >= 11 is 0. The number of ketones is 1. The summed E-state index contributed by atoms with van der Waals surface area (Å²) in [5.41, 5.74) is 5.25. The summed E-state index contributed by atoms with van der Waals surface area (Å²) in [4.78, 5) is 13.5. The Morgan fingerprint density at radius 1 is 1.03 bits per heavy atom. The fourth-order valence-electron chi connectivity index (χ4n) is 5.23. The van der Waals surface area contributed by atoms with Gasteiger partial charge in [0.05, 0.1) is 19.8 Å². The minimum Gasteiger partial charge on any atom is -0.493 e. The van der Waals surface area contributed by atoms with Gasteiger partial charge in [-0.25, -0.2) is 0 Å². The van der Waals surface area contributed by atoms with Crippen molar-refractivity contribution in [3.05, 3.63) is 71.3 Å². The molecule has 4 heteroatoms. The van der Waals surface area contributed by atoms with E-state index < -0.39 is 0 Å². The van der Waals surface area contributed by atoms with Crippen LogP contribution in [0.15, 0.2) is 60.2 Å². The highest BCUT2D eigenvalue weighted by Crippen LogP contribution is 2.52. The quantitative estimate of drug-likeness (QED) is 0.512. The van der Waals surface area contributed by atoms with Gasteiger partial charge in [0.2, 0.25) is 0 Å². The van der Waals surface area contributed by atoms with E-state index in [2.05, 4.69) is 55.6 Å². The maximum Gasteiger partial charge on any atom is 0.162 e. The number of hydrogen-bond acceptors (Lipinski definition) is 4. The Kier molecular flexibility index (Phi) is 4.96. The van der Waals surface area contributed by atoms with Crippen molar-refractivity contribution in [2.45, 2.75) is 39.7 Å². The van der Waals surface area contributed by atoms with Crippen molar-refractivity contribution < 1.29 is 14.3 Å². The second-order valence-corrected chi connectivity index (χ2v) is 9.46. The molecular weight excluding hydrogens is 398 g/mol. The van der Waals surface area contributed by atoms with Crippen LogP contribution < -0.4 is 14.8 Å². The van der Waals surface area contributed by atoms with Crippen LogP contribution in [0, 0.1) is 5.41 Å². The van der Waals surface area contributed by atoms with Gasteiger partial charge in [0.15, 0.2) is 17.3 Å². The topological polar surface area (TPSA) is 47.6 Å². The van der Waals surface area contributed by atoms with Gasteiger partial charge in [0.1, 0.15) is 0 Å². The molecule has 0 spiro atoms. The number of hydrogen-bond donors (Lipinski definition) is 1. The molecule has 1 heterocycles. The van der Waals surface area contributed by atoms with E-state index in [-0.39, 0.29) is 17.2 Å². The molecular formula is C28H29NO3. The zero-order valence-electron chi connectivity index (χ0n) is 19.1. The predicted octanol–water partition coefficient (Wildman–Crippen LogP) is 6.56. The Hall–Kier alpha value is -3.27. The minimum atomic E-state index is -0.216. The van der Waals surface area contributed by atoms with Gasteiger partial charge in [-0.05, 0) is 58.9 Å². The molecule has 2 aliphatic rings. The van der Waals surface area contributed by atoms with E-state index in [1.54, 1.807) is 7.11 Å². The van der Waals surface area contributed by atoms with E-state index >= 15 is 0 Å². The molecule has 3 aromatic carbocycles. The Labute approximate surface area is 189 Å². The number of nitrogens with one attached hydrogen (secondary N) is 1. The number of ether oxygens (including phenoxy) is 2. The summed E-state index contributed by atoms with van der Waals surface area (Å²) in [7, 11) is 1.65. The molecule has 0 amide bonds. The smallest absolute Gasteiger partial charge is 0.162 e. The number of benzene rings is 3. The van der Waals surface area contributed by atoms with Crippen molar-refractivity contribution in [1.82, 2.24) is 0 Å². The monoisotopic (exact) mass is 427 g/mol. The Bertz CT molecular complexity index is 1250. The van der Waals surface area contributed by atoms with Gasteiger partial charge in [-0.3, -0.25) is 4.79 Å². The van der Waals surface area contributed by atoms with Gasteiger partial charge in [-0.15, -0.1) is 0 Å². The number of carbonyl (C=O) groups excluding carboxylic acids is 1. The van der Waals surface area contributed by atoms with Gasteiger partial charge in [0, 0.05) is 23.2 Å². The fraction of sp³-hybridized carbons (Fsp3) is 0.321. The molecule has 5 rings (SSSR count). The van der Waals surface area contributed by atoms with Crippen LogP contribution in [-0.2, 0) is 4.79 Å². The van der Waals surface area contributed by atoms with Crippen LogP contribution in [0.25, 0.3) is 16.3 Å². The highest BCUT2D eigenvalue weighted by molar-refractivity contribution is 6.12. The third kappa shape index (κ3) is 3.35. The lowest BCUT2D eigenvalue weighted by Gasteiger charge is -2.40. The molecule has 0 aromatic heterocycles. The van der Waals surface area contributed by atoms with Crippen molar-refractivity contribution in [3.63, 3.8) is 0 Å². The van der Waals surface area contributed by atoms with Crippen LogP contribution in [0.2, 0.25) is 0 Å². The molecule has 0 bridgehead atoms. The van der Waals surface area contributed by atoms with Crippen LogP contribution in [-0.4, -0.2) is 19.5 Å². The van der Waals surface area contributed by atoms with Gasteiger partial charge in [-0.1, -0.05) is 50.2 Å².